The van der Waals surface area contributed by atoms with Crippen molar-refractivity contribution in [2.45, 2.75) is 52.4 Å². The molecule has 0 amide bonds. The highest BCUT2D eigenvalue weighted by Gasteiger charge is 2.25. The zero-order chi connectivity index (χ0) is 31.1. The number of fused-ring (bicyclic) bond motifs is 1. The number of hydrogen-bond acceptors (Lipinski definition) is 4. The van der Waals surface area contributed by atoms with Crippen molar-refractivity contribution in [2.24, 2.45) is 4.99 Å². The second-order valence-electron chi connectivity index (χ2n) is 13.3. The Morgan fingerprint density at radius 1 is 0.750 bits per heavy atom. The lowest BCUT2D eigenvalue weighted by Crippen LogP contribution is -2.17. The van der Waals surface area contributed by atoms with Gasteiger partial charge in [0.2, 0.25) is 0 Å². The van der Waals surface area contributed by atoms with Gasteiger partial charge >= 0.3 is 0 Å². The molecule has 0 aliphatic carbocycles. The summed E-state index contributed by atoms with van der Waals surface area (Å²) in [5, 5.41) is 11.4. The van der Waals surface area contributed by atoms with Gasteiger partial charge in [0, 0.05) is 52.1 Å². The molecule has 2 heterocycles. The average molecular weight is 579 g/mol. The Kier molecular flexibility index (Phi) is 7.42. The van der Waals surface area contributed by atoms with Gasteiger partial charge in [0.25, 0.3) is 0 Å². The largest absolute Gasteiger partial charge is 0.507 e. The molecule has 220 valence electrons. The van der Waals surface area contributed by atoms with Crippen molar-refractivity contribution in [1.29, 1.82) is 0 Å². The molecule has 44 heavy (non-hydrogen) atoms. The molecule has 0 atom stereocenters. The first-order valence-electron chi connectivity index (χ1n) is 15.0. The number of nitrogens with zero attached hydrogens (tertiary/aromatic N) is 4. The van der Waals surface area contributed by atoms with Gasteiger partial charge in [-0.25, -0.2) is 4.98 Å². The summed E-state index contributed by atoms with van der Waals surface area (Å²) in [6.45, 7) is 12.9. The van der Waals surface area contributed by atoms with E-state index in [1.54, 1.807) is 12.4 Å². The van der Waals surface area contributed by atoms with Gasteiger partial charge in [-0.05, 0) is 58.9 Å². The van der Waals surface area contributed by atoms with Crippen LogP contribution < -0.4 is 0 Å². The molecule has 0 aliphatic heterocycles. The van der Waals surface area contributed by atoms with E-state index >= 15 is 0 Å². The zero-order valence-corrected chi connectivity index (χ0v) is 26.2. The first kappa shape index (κ1) is 29.1. The fourth-order valence-electron chi connectivity index (χ4n) is 5.55. The summed E-state index contributed by atoms with van der Waals surface area (Å²) in [4.78, 5) is 14.6. The minimum absolute atomic E-state index is 0.0826. The molecule has 0 unspecified atom stereocenters. The monoisotopic (exact) mass is 578 g/mol. The van der Waals surface area contributed by atoms with Crippen molar-refractivity contribution in [2.75, 3.05) is 0 Å². The number of aliphatic imine (C=N–C) groups is 1. The van der Waals surface area contributed by atoms with Crippen molar-refractivity contribution >= 4 is 22.9 Å². The van der Waals surface area contributed by atoms with Gasteiger partial charge in [0.15, 0.2) is 0 Å². The second kappa shape index (κ2) is 11.2. The van der Waals surface area contributed by atoms with Gasteiger partial charge in [-0.2, -0.15) is 0 Å². The van der Waals surface area contributed by atoms with E-state index in [0.717, 1.165) is 56.0 Å². The van der Waals surface area contributed by atoms with Crippen LogP contribution in [0, 0.1) is 0 Å². The smallest absolute Gasteiger partial charge is 0.147 e. The van der Waals surface area contributed by atoms with E-state index in [0.29, 0.717) is 5.56 Å². The Balaban J connectivity index is 1.56. The molecule has 5 heteroatoms. The SMILES string of the molecule is CC(C)(C)c1cc(C=Nc2ccccc2-c2nc3c(-c4cccnc4)cccc3n2-c2ccccc2)c(O)c(C(C)(C)C)c1. The van der Waals surface area contributed by atoms with Crippen LogP contribution in [-0.4, -0.2) is 25.9 Å². The summed E-state index contributed by atoms with van der Waals surface area (Å²) in [7, 11) is 0. The molecule has 6 rings (SSSR count). The van der Waals surface area contributed by atoms with Crippen LogP contribution in [0.5, 0.6) is 5.75 Å². The van der Waals surface area contributed by atoms with Crippen molar-refractivity contribution < 1.29 is 5.11 Å². The number of phenols is 1. The maximum absolute atomic E-state index is 11.4. The van der Waals surface area contributed by atoms with Crippen LogP contribution in [0.4, 0.5) is 5.69 Å². The number of rotatable bonds is 5. The van der Waals surface area contributed by atoms with E-state index in [9.17, 15) is 5.11 Å². The van der Waals surface area contributed by atoms with Gasteiger partial charge in [-0.3, -0.25) is 14.5 Å². The molecule has 0 spiro atoms. The lowest BCUT2D eigenvalue weighted by atomic mass is 9.79. The summed E-state index contributed by atoms with van der Waals surface area (Å²) in [6.07, 6.45) is 5.44. The van der Waals surface area contributed by atoms with Crippen LogP contribution in [0.1, 0.15) is 58.2 Å². The molecule has 5 nitrogen and oxygen atoms in total. The van der Waals surface area contributed by atoms with Gasteiger partial charge in [0.1, 0.15) is 11.6 Å². The molecule has 0 saturated heterocycles. The van der Waals surface area contributed by atoms with E-state index in [-0.39, 0.29) is 16.6 Å². The van der Waals surface area contributed by atoms with Crippen LogP contribution in [0.2, 0.25) is 0 Å². The summed E-state index contributed by atoms with van der Waals surface area (Å²) in [5.74, 6) is 1.06. The molecule has 6 aromatic rings. The summed E-state index contributed by atoms with van der Waals surface area (Å²) < 4.78 is 2.19. The third kappa shape index (κ3) is 5.53. The third-order valence-electron chi connectivity index (χ3n) is 7.97. The Labute approximate surface area is 259 Å². The van der Waals surface area contributed by atoms with Gasteiger partial charge in [-0.15, -0.1) is 0 Å². The number of para-hydroxylation sites is 3. The molecule has 0 saturated carbocycles. The second-order valence-corrected chi connectivity index (χ2v) is 13.3. The van der Waals surface area contributed by atoms with Crippen molar-refractivity contribution in [3.63, 3.8) is 0 Å². The number of imidazole rings is 1. The summed E-state index contributed by atoms with van der Waals surface area (Å²) >= 11 is 0. The summed E-state index contributed by atoms with van der Waals surface area (Å²) in [6, 6.07) is 32.8. The number of phenolic OH excluding ortho intramolecular Hbond substituents is 1. The average Bonchev–Trinajstić information content (AvgIpc) is 3.40. The molecule has 2 aromatic heterocycles. The van der Waals surface area contributed by atoms with Crippen LogP contribution in [0.3, 0.4) is 0 Å². The standard InChI is InChI=1S/C39H38N4O/c1-38(2,3)28-22-27(36(44)32(23-28)39(4,5)6)25-41-33-19-11-10-17-31(33)37-42-35-30(26-14-13-21-40-24-26)18-12-20-34(35)43(37)29-15-8-7-9-16-29/h7-25,44H,1-6H3. The van der Waals surface area contributed by atoms with Crippen LogP contribution >= 0.6 is 0 Å². The first-order valence-corrected chi connectivity index (χ1v) is 15.0. The highest BCUT2D eigenvalue weighted by molar-refractivity contribution is 5.96. The first-order chi connectivity index (χ1) is 21.0. The fourth-order valence-corrected chi connectivity index (χ4v) is 5.55. The maximum atomic E-state index is 11.4. The Morgan fingerprint density at radius 2 is 1.48 bits per heavy atom. The highest BCUT2D eigenvalue weighted by Crippen LogP contribution is 2.39. The predicted octanol–water partition coefficient (Wildman–Crippen LogP) is 9.81. The quantitative estimate of drug-likeness (QED) is 0.207. The lowest BCUT2D eigenvalue weighted by Gasteiger charge is -2.27. The molecule has 0 aliphatic rings. The third-order valence-corrected chi connectivity index (χ3v) is 7.97. The maximum Gasteiger partial charge on any atom is 0.147 e. The Bertz CT molecular complexity index is 1980. The molecule has 4 aromatic carbocycles. The van der Waals surface area contributed by atoms with E-state index < -0.39 is 0 Å². The predicted molar refractivity (Wildman–Crippen MR) is 182 cm³/mol. The van der Waals surface area contributed by atoms with E-state index in [1.807, 2.05) is 48.7 Å². The van der Waals surface area contributed by atoms with Gasteiger partial charge in [-0.1, -0.05) is 96.1 Å². The molecule has 0 radical (unpaired) electrons. The molecule has 0 bridgehead atoms. The number of aromatic nitrogens is 3. The highest BCUT2D eigenvalue weighted by atomic mass is 16.3. The van der Waals surface area contributed by atoms with Gasteiger partial charge in [0.05, 0.1) is 16.7 Å². The Morgan fingerprint density at radius 3 is 2.18 bits per heavy atom. The number of pyridine rings is 1. The normalized spacial score (nSPS) is 12.3. The van der Waals surface area contributed by atoms with Crippen molar-refractivity contribution in [3.8, 4) is 34.0 Å². The van der Waals surface area contributed by atoms with Crippen LogP contribution in [0.25, 0.3) is 39.2 Å². The van der Waals surface area contributed by atoms with Crippen LogP contribution in [-0.2, 0) is 10.8 Å². The zero-order valence-electron chi connectivity index (χ0n) is 26.2. The number of aromatic hydroxyl groups is 1. The Hall–Kier alpha value is -5.03. The molecular formula is C39H38N4O. The number of benzene rings is 4. The van der Waals surface area contributed by atoms with E-state index in [1.165, 1.54) is 0 Å². The van der Waals surface area contributed by atoms with Crippen molar-refractivity contribution in [3.05, 3.63) is 126 Å². The van der Waals surface area contributed by atoms with E-state index in [4.69, 9.17) is 9.98 Å². The molecule has 0 fully saturated rings. The van der Waals surface area contributed by atoms with E-state index in [2.05, 4.69) is 106 Å². The molecule has 1 N–H and O–H groups in total. The molecular weight excluding hydrogens is 540 g/mol. The van der Waals surface area contributed by atoms with Gasteiger partial charge < -0.3 is 5.11 Å². The van der Waals surface area contributed by atoms with Crippen LogP contribution in [0.15, 0.2) is 114 Å². The van der Waals surface area contributed by atoms with Crippen molar-refractivity contribution in [1.82, 2.24) is 14.5 Å². The number of hydrogen-bond donors (Lipinski definition) is 1. The summed E-state index contributed by atoms with van der Waals surface area (Å²) in [5.41, 5.74) is 9.05. The minimum Gasteiger partial charge on any atom is -0.507 e. The lowest BCUT2D eigenvalue weighted by molar-refractivity contribution is 0.444. The minimum atomic E-state index is -0.224. The topological polar surface area (TPSA) is 63.3 Å². The fraction of sp³-hybridized carbons (Fsp3) is 0.205.